The Morgan fingerprint density at radius 2 is 0.900 bits per heavy atom. The predicted molar refractivity (Wildman–Crippen MR) is 121 cm³/mol. The molecule has 0 spiro atoms. The first-order chi connectivity index (χ1) is 14.3. The molecule has 0 fully saturated rings. The maximum Gasteiger partial charge on any atom is 0.125 e. The van der Waals surface area contributed by atoms with Gasteiger partial charge < -0.3 is 10.2 Å². The van der Waals surface area contributed by atoms with E-state index in [0.717, 1.165) is 33.4 Å². The summed E-state index contributed by atoms with van der Waals surface area (Å²) in [5.41, 5.74) is 8.22. The molecule has 0 saturated heterocycles. The minimum atomic E-state index is 0.221. The van der Waals surface area contributed by atoms with E-state index in [-0.39, 0.29) is 11.5 Å². The van der Waals surface area contributed by atoms with Crippen molar-refractivity contribution in [1.82, 2.24) is 9.97 Å². The van der Waals surface area contributed by atoms with E-state index >= 15 is 0 Å². The Balaban J connectivity index is 1.81. The lowest BCUT2D eigenvalue weighted by Gasteiger charge is -2.12. The van der Waals surface area contributed by atoms with Crippen LogP contribution in [0.2, 0.25) is 0 Å². The molecule has 150 valence electrons. The SMILES string of the molecule is Cc1cc(C)c(-c2cccc(-c3cccc(-c4c(C)cc(C)cc4O)n3)n2)c(O)c1. The van der Waals surface area contributed by atoms with Crippen molar-refractivity contribution in [3.05, 3.63) is 82.9 Å². The summed E-state index contributed by atoms with van der Waals surface area (Å²) >= 11 is 0. The average Bonchev–Trinajstić information content (AvgIpc) is 2.67. The van der Waals surface area contributed by atoms with Crippen molar-refractivity contribution < 1.29 is 10.2 Å². The van der Waals surface area contributed by atoms with Gasteiger partial charge in [0, 0.05) is 11.1 Å². The van der Waals surface area contributed by atoms with Crippen molar-refractivity contribution in [3.63, 3.8) is 0 Å². The molecule has 0 bridgehead atoms. The third-order valence-electron chi connectivity index (χ3n) is 5.19. The zero-order valence-corrected chi connectivity index (χ0v) is 17.6. The van der Waals surface area contributed by atoms with Gasteiger partial charge in [0.2, 0.25) is 0 Å². The van der Waals surface area contributed by atoms with Gasteiger partial charge in [0.15, 0.2) is 0 Å². The highest BCUT2D eigenvalue weighted by Crippen LogP contribution is 2.35. The summed E-state index contributed by atoms with van der Waals surface area (Å²) in [6.45, 7) is 7.85. The van der Waals surface area contributed by atoms with Crippen LogP contribution in [-0.2, 0) is 0 Å². The minimum Gasteiger partial charge on any atom is -0.507 e. The summed E-state index contributed by atoms with van der Waals surface area (Å²) in [4.78, 5) is 9.55. The highest BCUT2D eigenvalue weighted by molar-refractivity contribution is 5.75. The molecule has 0 radical (unpaired) electrons. The van der Waals surface area contributed by atoms with E-state index in [4.69, 9.17) is 9.97 Å². The Morgan fingerprint density at radius 1 is 0.533 bits per heavy atom. The zero-order chi connectivity index (χ0) is 21.4. The van der Waals surface area contributed by atoms with Crippen LogP contribution >= 0.6 is 0 Å². The van der Waals surface area contributed by atoms with Crippen LogP contribution in [0, 0.1) is 27.7 Å². The first kappa shape index (κ1) is 19.6. The maximum absolute atomic E-state index is 10.5. The number of hydrogen-bond acceptors (Lipinski definition) is 4. The summed E-state index contributed by atoms with van der Waals surface area (Å²) in [7, 11) is 0. The van der Waals surface area contributed by atoms with Crippen molar-refractivity contribution in [3.8, 4) is 45.4 Å². The van der Waals surface area contributed by atoms with Gasteiger partial charge in [-0.1, -0.05) is 24.3 Å². The number of benzene rings is 2. The van der Waals surface area contributed by atoms with Gasteiger partial charge in [-0.25, -0.2) is 9.97 Å². The van der Waals surface area contributed by atoms with E-state index < -0.39 is 0 Å². The fraction of sp³-hybridized carbons (Fsp3) is 0.154. The second kappa shape index (κ2) is 7.64. The Labute approximate surface area is 176 Å². The predicted octanol–water partition coefficient (Wildman–Crippen LogP) is 6.12. The van der Waals surface area contributed by atoms with Crippen LogP contribution in [0.1, 0.15) is 22.3 Å². The maximum atomic E-state index is 10.5. The number of phenols is 2. The van der Waals surface area contributed by atoms with Crippen molar-refractivity contribution in [2.24, 2.45) is 0 Å². The van der Waals surface area contributed by atoms with E-state index in [0.29, 0.717) is 22.8 Å². The first-order valence-corrected chi connectivity index (χ1v) is 9.89. The molecule has 4 rings (SSSR count). The van der Waals surface area contributed by atoms with Gasteiger partial charge in [0.1, 0.15) is 11.5 Å². The average molecular weight is 396 g/mol. The molecule has 0 aliphatic rings. The summed E-state index contributed by atoms with van der Waals surface area (Å²) in [6.07, 6.45) is 0. The van der Waals surface area contributed by atoms with Crippen LogP contribution in [-0.4, -0.2) is 20.2 Å². The van der Waals surface area contributed by atoms with Gasteiger partial charge in [-0.3, -0.25) is 0 Å². The molecule has 2 aromatic heterocycles. The van der Waals surface area contributed by atoms with Crippen molar-refractivity contribution in [1.29, 1.82) is 0 Å². The topological polar surface area (TPSA) is 66.2 Å². The molecule has 0 unspecified atom stereocenters. The highest BCUT2D eigenvalue weighted by Gasteiger charge is 2.14. The number of phenolic OH excluding ortho intramolecular Hbond substituents is 2. The molecule has 4 nitrogen and oxygen atoms in total. The molecule has 30 heavy (non-hydrogen) atoms. The Morgan fingerprint density at radius 3 is 1.27 bits per heavy atom. The number of rotatable bonds is 3. The van der Waals surface area contributed by atoms with Crippen LogP contribution in [0.4, 0.5) is 0 Å². The van der Waals surface area contributed by atoms with Crippen LogP contribution in [0.25, 0.3) is 33.9 Å². The number of aryl methyl sites for hydroxylation is 4. The molecule has 0 saturated carbocycles. The number of aromatic hydroxyl groups is 2. The van der Waals surface area contributed by atoms with Gasteiger partial charge in [0.05, 0.1) is 22.8 Å². The molecule has 0 amide bonds. The lowest BCUT2D eigenvalue weighted by atomic mass is 10.00. The lowest BCUT2D eigenvalue weighted by molar-refractivity contribution is 0.475. The monoisotopic (exact) mass is 396 g/mol. The molecule has 4 heteroatoms. The van der Waals surface area contributed by atoms with Crippen molar-refractivity contribution in [2.45, 2.75) is 27.7 Å². The third-order valence-corrected chi connectivity index (χ3v) is 5.19. The van der Waals surface area contributed by atoms with Crippen molar-refractivity contribution in [2.75, 3.05) is 0 Å². The van der Waals surface area contributed by atoms with Crippen LogP contribution in [0.3, 0.4) is 0 Å². The summed E-state index contributed by atoms with van der Waals surface area (Å²) in [6, 6.07) is 19.0. The van der Waals surface area contributed by atoms with Crippen molar-refractivity contribution >= 4 is 0 Å². The largest absolute Gasteiger partial charge is 0.507 e. The Hall–Kier alpha value is -3.66. The van der Waals surface area contributed by atoms with Crippen LogP contribution in [0.15, 0.2) is 60.7 Å². The third kappa shape index (κ3) is 3.64. The quantitative estimate of drug-likeness (QED) is 0.438. The van der Waals surface area contributed by atoms with E-state index in [1.807, 2.05) is 76.2 Å². The normalized spacial score (nSPS) is 10.9. The van der Waals surface area contributed by atoms with E-state index in [9.17, 15) is 10.2 Å². The van der Waals surface area contributed by atoms with Gasteiger partial charge in [-0.05, 0) is 86.3 Å². The van der Waals surface area contributed by atoms with E-state index in [2.05, 4.69) is 0 Å². The lowest BCUT2D eigenvalue weighted by Crippen LogP contribution is -1.95. The number of pyridine rings is 2. The summed E-state index contributed by atoms with van der Waals surface area (Å²) < 4.78 is 0. The molecule has 2 heterocycles. The molecule has 4 aromatic rings. The standard InChI is InChI=1S/C26H24N2O2/c1-15-11-17(3)25(23(29)13-15)21-9-5-7-19(27-21)20-8-6-10-22(28-20)26-18(4)12-16(2)14-24(26)30/h5-14,29-30H,1-4H3. The van der Waals surface area contributed by atoms with E-state index in [1.165, 1.54) is 0 Å². The molecule has 2 aromatic carbocycles. The number of aromatic nitrogens is 2. The molecule has 0 aliphatic heterocycles. The van der Waals surface area contributed by atoms with E-state index in [1.54, 1.807) is 12.1 Å². The van der Waals surface area contributed by atoms with Gasteiger partial charge in [-0.2, -0.15) is 0 Å². The number of nitrogens with zero attached hydrogens (tertiary/aromatic N) is 2. The zero-order valence-electron chi connectivity index (χ0n) is 17.6. The first-order valence-electron chi connectivity index (χ1n) is 9.89. The Kier molecular flexibility index (Phi) is 5.00. The second-order valence-electron chi connectivity index (χ2n) is 7.77. The second-order valence-corrected chi connectivity index (χ2v) is 7.77. The van der Waals surface area contributed by atoms with Gasteiger partial charge in [0.25, 0.3) is 0 Å². The summed E-state index contributed by atoms with van der Waals surface area (Å²) in [5.74, 6) is 0.443. The van der Waals surface area contributed by atoms with Crippen LogP contribution < -0.4 is 0 Å². The van der Waals surface area contributed by atoms with Gasteiger partial charge in [-0.15, -0.1) is 0 Å². The van der Waals surface area contributed by atoms with Gasteiger partial charge >= 0.3 is 0 Å². The molecule has 0 aliphatic carbocycles. The minimum absolute atomic E-state index is 0.221. The number of hydrogen-bond donors (Lipinski definition) is 2. The fourth-order valence-electron chi connectivity index (χ4n) is 3.99. The van der Waals surface area contributed by atoms with Crippen LogP contribution in [0.5, 0.6) is 11.5 Å². The Bertz CT molecular complexity index is 1120. The highest BCUT2D eigenvalue weighted by atomic mass is 16.3. The molecule has 0 atom stereocenters. The smallest absolute Gasteiger partial charge is 0.125 e. The molecule has 2 N–H and O–H groups in total. The molecular formula is C26H24N2O2. The summed E-state index contributed by atoms with van der Waals surface area (Å²) in [5, 5.41) is 21.0. The fourth-order valence-corrected chi connectivity index (χ4v) is 3.99. The molecular weight excluding hydrogens is 372 g/mol.